The average molecular weight is 311 g/mol. The van der Waals surface area contributed by atoms with Gasteiger partial charge in [-0.2, -0.15) is 0 Å². The van der Waals surface area contributed by atoms with Gasteiger partial charge in [-0.05, 0) is 11.1 Å². The second-order valence-electron chi connectivity index (χ2n) is 2.08. The molecule has 0 radical (unpaired) electrons. The summed E-state index contributed by atoms with van der Waals surface area (Å²) < 4.78 is 1.10. The Morgan fingerprint density at radius 3 is 2.00 bits per heavy atom. The van der Waals surface area contributed by atoms with Crippen molar-refractivity contribution in [1.82, 2.24) is 0 Å². The van der Waals surface area contributed by atoms with Gasteiger partial charge in [0, 0.05) is 9.76 Å². The van der Waals surface area contributed by atoms with E-state index in [2.05, 4.69) is 62.8 Å². The van der Waals surface area contributed by atoms with E-state index < -0.39 is 0 Å². The standard InChI is InChI=1S/C8H8BrI/c9-5-7-1-3-8(6-10)4-2-7/h1-4H,5-6H2. The number of hydrogen-bond acceptors (Lipinski definition) is 0. The number of halogens is 2. The van der Waals surface area contributed by atoms with Crippen molar-refractivity contribution in [2.24, 2.45) is 0 Å². The van der Waals surface area contributed by atoms with E-state index in [9.17, 15) is 0 Å². The van der Waals surface area contributed by atoms with E-state index >= 15 is 0 Å². The van der Waals surface area contributed by atoms with E-state index in [0.29, 0.717) is 0 Å². The van der Waals surface area contributed by atoms with Gasteiger partial charge in [-0.3, -0.25) is 0 Å². The van der Waals surface area contributed by atoms with Crippen molar-refractivity contribution in [2.45, 2.75) is 9.76 Å². The molecule has 0 saturated heterocycles. The largest absolute Gasteiger partial charge is 0.0876 e. The quantitative estimate of drug-likeness (QED) is 0.579. The van der Waals surface area contributed by atoms with Crippen molar-refractivity contribution >= 4 is 38.5 Å². The SMILES string of the molecule is BrCc1ccc(CI)cc1. The molecule has 0 amide bonds. The van der Waals surface area contributed by atoms with Gasteiger partial charge < -0.3 is 0 Å². The molecular formula is C8H8BrI. The van der Waals surface area contributed by atoms with E-state index in [0.717, 1.165) is 9.76 Å². The molecule has 0 aliphatic carbocycles. The van der Waals surface area contributed by atoms with Gasteiger partial charge in [-0.25, -0.2) is 0 Å². The lowest BCUT2D eigenvalue weighted by Gasteiger charge is -1.96. The van der Waals surface area contributed by atoms with Crippen LogP contribution in [0, 0.1) is 0 Å². The number of hydrogen-bond donors (Lipinski definition) is 0. The molecule has 0 atom stereocenters. The zero-order valence-corrected chi connectivity index (χ0v) is 9.22. The molecule has 1 aromatic carbocycles. The molecular weight excluding hydrogens is 303 g/mol. The first-order valence-electron chi connectivity index (χ1n) is 3.06. The second kappa shape index (κ2) is 4.34. The van der Waals surface area contributed by atoms with Crippen molar-refractivity contribution in [1.29, 1.82) is 0 Å². The number of rotatable bonds is 2. The monoisotopic (exact) mass is 310 g/mol. The van der Waals surface area contributed by atoms with E-state index in [1.807, 2.05) is 0 Å². The third-order valence-electron chi connectivity index (χ3n) is 1.33. The van der Waals surface area contributed by atoms with Gasteiger partial charge in [-0.1, -0.05) is 62.8 Å². The molecule has 10 heavy (non-hydrogen) atoms. The average Bonchev–Trinajstić information content (AvgIpc) is 2.05. The van der Waals surface area contributed by atoms with Crippen molar-refractivity contribution in [3.8, 4) is 0 Å². The van der Waals surface area contributed by atoms with Crippen molar-refractivity contribution in [2.75, 3.05) is 0 Å². The highest BCUT2D eigenvalue weighted by molar-refractivity contribution is 14.1. The predicted octanol–water partition coefficient (Wildman–Crippen LogP) is 3.52. The maximum absolute atomic E-state index is 3.40. The van der Waals surface area contributed by atoms with Crippen molar-refractivity contribution in [3.05, 3.63) is 35.4 Å². The molecule has 0 saturated carbocycles. The molecule has 0 spiro atoms. The van der Waals surface area contributed by atoms with Crippen LogP contribution in [0.5, 0.6) is 0 Å². The van der Waals surface area contributed by atoms with Gasteiger partial charge in [0.25, 0.3) is 0 Å². The van der Waals surface area contributed by atoms with Crippen LogP contribution in [0.25, 0.3) is 0 Å². The lowest BCUT2D eigenvalue weighted by Crippen LogP contribution is -1.78. The molecule has 0 fully saturated rings. The van der Waals surface area contributed by atoms with Crippen LogP contribution < -0.4 is 0 Å². The summed E-state index contributed by atoms with van der Waals surface area (Å²) in [5, 5.41) is 0.953. The van der Waals surface area contributed by atoms with Crippen LogP contribution in [0.1, 0.15) is 11.1 Å². The van der Waals surface area contributed by atoms with Gasteiger partial charge in [0.1, 0.15) is 0 Å². The first-order valence-corrected chi connectivity index (χ1v) is 5.71. The highest BCUT2D eigenvalue weighted by Gasteiger charge is 1.89. The summed E-state index contributed by atoms with van der Waals surface area (Å²) in [4.78, 5) is 0. The first kappa shape index (κ1) is 8.53. The van der Waals surface area contributed by atoms with Gasteiger partial charge in [0.15, 0.2) is 0 Å². The van der Waals surface area contributed by atoms with Crippen LogP contribution in [-0.2, 0) is 9.76 Å². The number of benzene rings is 1. The molecule has 0 aliphatic heterocycles. The van der Waals surface area contributed by atoms with E-state index in [1.165, 1.54) is 11.1 Å². The summed E-state index contributed by atoms with van der Waals surface area (Å²) in [5.74, 6) is 0. The van der Waals surface area contributed by atoms with Gasteiger partial charge in [0.05, 0.1) is 0 Å². The zero-order chi connectivity index (χ0) is 7.40. The minimum Gasteiger partial charge on any atom is -0.0876 e. The van der Waals surface area contributed by atoms with Crippen molar-refractivity contribution in [3.63, 3.8) is 0 Å². The van der Waals surface area contributed by atoms with Crippen LogP contribution in [-0.4, -0.2) is 0 Å². The van der Waals surface area contributed by atoms with Crippen LogP contribution in [0.15, 0.2) is 24.3 Å². The summed E-state index contributed by atoms with van der Waals surface area (Å²) in [5.41, 5.74) is 2.74. The summed E-state index contributed by atoms with van der Waals surface area (Å²) in [7, 11) is 0. The highest BCUT2D eigenvalue weighted by Crippen LogP contribution is 2.10. The minimum absolute atomic E-state index is 0.953. The van der Waals surface area contributed by atoms with E-state index in [4.69, 9.17) is 0 Å². The van der Waals surface area contributed by atoms with Crippen molar-refractivity contribution < 1.29 is 0 Å². The van der Waals surface area contributed by atoms with Crippen LogP contribution in [0.3, 0.4) is 0 Å². The predicted molar refractivity (Wildman–Crippen MR) is 56.8 cm³/mol. The van der Waals surface area contributed by atoms with E-state index in [1.54, 1.807) is 0 Å². The van der Waals surface area contributed by atoms with Crippen LogP contribution >= 0.6 is 38.5 Å². The molecule has 0 heterocycles. The molecule has 1 aromatic rings. The fourth-order valence-corrected chi connectivity index (χ4v) is 1.60. The summed E-state index contributed by atoms with van der Waals surface area (Å²) >= 11 is 5.77. The van der Waals surface area contributed by atoms with Crippen LogP contribution in [0.2, 0.25) is 0 Å². The van der Waals surface area contributed by atoms with Gasteiger partial charge in [0.2, 0.25) is 0 Å². The maximum atomic E-state index is 3.40. The first-order chi connectivity index (χ1) is 4.86. The molecule has 0 unspecified atom stereocenters. The summed E-state index contributed by atoms with van der Waals surface area (Å²) in [6, 6.07) is 8.65. The molecule has 2 heteroatoms. The lowest BCUT2D eigenvalue weighted by atomic mass is 10.2. The molecule has 1 rings (SSSR count). The van der Waals surface area contributed by atoms with Gasteiger partial charge >= 0.3 is 0 Å². The smallest absolute Gasteiger partial charge is 0.0283 e. The Labute approximate surface area is 83.3 Å². The molecule has 0 aliphatic rings. The topological polar surface area (TPSA) is 0 Å². The van der Waals surface area contributed by atoms with E-state index in [-0.39, 0.29) is 0 Å². The second-order valence-corrected chi connectivity index (χ2v) is 3.41. The molecule has 0 N–H and O–H groups in total. The summed E-state index contributed by atoms with van der Waals surface area (Å²) in [6.45, 7) is 0. The Morgan fingerprint density at radius 2 is 1.60 bits per heavy atom. The molecule has 0 nitrogen and oxygen atoms in total. The van der Waals surface area contributed by atoms with Gasteiger partial charge in [-0.15, -0.1) is 0 Å². The Bertz CT molecular complexity index is 170. The summed E-state index contributed by atoms with van der Waals surface area (Å²) in [6.07, 6.45) is 0. The van der Waals surface area contributed by atoms with Crippen LogP contribution in [0.4, 0.5) is 0 Å². The number of alkyl halides is 2. The minimum atomic E-state index is 0.953. The lowest BCUT2D eigenvalue weighted by molar-refractivity contribution is 1.37. The third kappa shape index (κ3) is 2.23. The Morgan fingerprint density at radius 1 is 1.10 bits per heavy atom. The maximum Gasteiger partial charge on any atom is 0.0283 e. The highest BCUT2D eigenvalue weighted by atomic mass is 127. The molecule has 0 bridgehead atoms. The third-order valence-corrected chi connectivity index (χ3v) is 2.86. The Kier molecular flexibility index (Phi) is 3.70. The fourth-order valence-electron chi connectivity index (χ4n) is 0.717. The normalized spacial score (nSPS) is 9.80. The zero-order valence-electron chi connectivity index (χ0n) is 5.48. The molecule has 0 aromatic heterocycles. The Hall–Kier alpha value is 0.430. The fraction of sp³-hybridized carbons (Fsp3) is 0.250. The Balaban J connectivity index is 2.80. The molecule has 54 valence electrons.